The highest BCUT2D eigenvalue weighted by atomic mass is 19.1. The maximum Gasteiger partial charge on any atom is 0.295 e. The summed E-state index contributed by atoms with van der Waals surface area (Å²) in [6.07, 6.45) is 0.608. The minimum atomic E-state index is -1.04. The van der Waals surface area contributed by atoms with Crippen LogP contribution in [0.5, 0.6) is 0 Å². The number of amides is 1. The number of hydrogen-bond acceptors (Lipinski definition) is 3. The Labute approximate surface area is 167 Å². The molecule has 29 heavy (non-hydrogen) atoms. The van der Waals surface area contributed by atoms with Crippen LogP contribution in [0.3, 0.4) is 0 Å². The predicted octanol–water partition coefficient (Wildman–Crippen LogP) is 1.92. The number of carbonyl (C=O) groups excluding carboxylic acids is 2. The SMILES string of the molecule is C[NH+](C)CCCN1C(=O)C(=O)C(=C(O)c2ccc(F)cc2)[C@@H]1c1ccccc1F. The van der Waals surface area contributed by atoms with Gasteiger partial charge >= 0.3 is 0 Å². The third-order valence-corrected chi connectivity index (χ3v) is 4.93. The molecule has 1 atom stereocenters. The Morgan fingerprint density at radius 1 is 1.07 bits per heavy atom. The molecule has 1 aliphatic heterocycles. The van der Waals surface area contributed by atoms with Crippen LogP contribution in [0.2, 0.25) is 0 Å². The molecule has 0 spiro atoms. The van der Waals surface area contributed by atoms with Crippen LogP contribution < -0.4 is 4.90 Å². The molecule has 0 bridgehead atoms. The van der Waals surface area contributed by atoms with Gasteiger partial charge < -0.3 is 14.9 Å². The van der Waals surface area contributed by atoms with Gasteiger partial charge in [0.15, 0.2) is 0 Å². The first-order chi connectivity index (χ1) is 13.8. The monoisotopic (exact) mass is 401 g/mol. The Kier molecular flexibility index (Phi) is 6.08. The molecular weight excluding hydrogens is 378 g/mol. The molecule has 1 amide bonds. The number of likely N-dealkylation sites (tertiary alicyclic amines) is 1. The fraction of sp³-hybridized carbons (Fsp3) is 0.273. The van der Waals surface area contributed by atoms with Crippen molar-refractivity contribution >= 4 is 17.4 Å². The minimum absolute atomic E-state index is 0.132. The van der Waals surface area contributed by atoms with Crippen molar-refractivity contribution in [3.63, 3.8) is 0 Å². The van der Waals surface area contributed by atoms with Gasteiger partial charge in [0.25, 0.3) is 11.7 Å². The summed E-state index contributed by atoms with van der Waals surface area (Å²) in [4.78, 5) is 28.0. The number of rotatable bonds is 6. The highest BCUT2D eigenvalue weighted by Crippen LogP contribution is 2.40. The first-order valence-electron chi connectivity index (χ1n) is 9.39. The second-order valence-corrected chi connectivity index (χ2v) is 7.33. The first-order valence-corrected chi connectivity index (χ1v) is 9.39. The van der Waals surface area contributed by atoms with Gasteiger partial charge in [0.1, 0.15) is 17.4 Å². The molecule has 1 aliphatic rings. The lowest BCUT2D eigenvalue weighted by atomic mass is 9.95. The standard InChI is InChI=1S/C22H22F2N2O3/c1-25(2)12-5-13-26-19(16-6-3-4-7-17(16)24)18(21(28)22(26)29)20(27)14-8-10-15(23)11-9-14/h3-4,6-11,19,27H,5,12-13H2,1-2H3/p+1/t19-/m0/s1. The van der Waals surface area contributed by atoms with Crippen molar-refractivity contribution in [2.24, 2.45) is 0 Å². The van der Waals surface area contributed by atoms with Gasteiger partial charge in [-0.3, -0.25) is 9.59 Å². The molecule has 1 fully saturated rings. The Balaban J connectivity index is 2.11. The summed E-state index contributed by atoms with van der Waals surface area (Å²) < 4.78 is 27.9. The van der Waals surface area contributed by atoms with Crippen molar-refractivity contribution in [2.75, 3.05) is 27.2 Å². The van der Waals surface area contributed by atoms with E-state index < -0.39 is 35.1 Å². The molecule has 152 valence electrons. The molecule has 0 aliphatic carbocycles. The molecule has 5 nitrogen and oxygen atoms in total. The van der Waals surface area contributed by atoms with Crippen LogP contribution in [0.1, 0.15) is 23.6 Å². The Hall–Kier alpha value is -3.06. The second kappa shape index (κ2) is 8.53. The zero-order chi connectivity index (χ0) is 21.1. The summed E-state index contributed by atoms with van der Waals surface area (Å²) in [5.74, 6) is -3.18. The van der Waals surface area contributed by atoms with Crippen molar-refractivity contribution in [1.82, 2.24) is 4.90 Å². The molecule has 2 aromatic rings. The second-order valence-electron chi connectivity index (χ2n) is 7.33. The number of halogens is 2. The van der Waals surface area contributed by atoms with Crippen LogP contribution in [0.15, 0.2) is 54.1 Å². The van der Waals surface area contributed by atoms with E-state index >= 15 is 0 Å². The number of nitrogens with one attached hydrogen (secondary N) is 1. The molecule has 1 heterocycles. The third-order valence-electron chi connectivity index (χ3n) is 4.93. The van der Waals surface area contributed by atoms with Gasteiger partial charge in [0.2, 0.25) is 0 Å². The quantitative estimate of drug-likeness (QED) is 0.442. The molecule has 0 saturated carbocycles. The molecule has 0 aromatic heterocycles. The minimum Gasteiger partial charge on any atom is -0.507 e. The lowest BCUT2D eigenvalue weighted by Gasteiger charge is -2.25. The third kappa shape index (κ3) is 4.19. The zero-order valence-corrected chi connectivity index (χ0v) is 16.3. The molecule has 3 rings (SSSR count). The van der Waals surface area contributed by atoms with Gasteiger partial charge in [0, 0.05) is 24.1 Å². The van der Waals surface area contributed by atoms with Gasteiger partial charge in [0.05, 0.1) is 32.3 Å². The lowest BCUT2D eigenvalue weighted by Crippen LogP contribution is -3.05. The molecular formula is C22H23F2N2O3+. The zero-order valence-electron chi connectivity index (χ0n) is 16.3. The Bertz CT molecular complexity index is 955. The number of hydrogen-bond donors (Lipinski definition) is 2. The van der Waals surface area contributed by atoms with Crippen molar-refractivity contribution in [1.29, 1.82) is 0 Å². The number of ketones is 1. The van der Waals surface area contributed by atoms with Crippen LogP contribution in [0, 0.1) is 11.6 Å². The summed E-state index contributed by atoms with van der Waals surface area (Å²) in [7, 11) is 3.94. The number of nitrogens with zero attached hydrogens (tertiary/aromatic N) is 1. The molecule has 2 aromatic carbocycles. The summed E-state index contributed by atoms with van der Waals surface area (Å²) in [5, 5.41) is 10.8. The summed E-state index contributed by atoms with van der Waals surface area (Å²) in [6, 6.07) is 9.73. The van der Waals surface area contributed by atoms with Crippen LogP contribution in [-0.4, -0.2) is 48.9 Å². The van der Waals surface area contributed by atoms with E-state index in [2.05, 4.69) is 0 Å². The fourth-order valence-electron chi connectivity index (χ4n) is 3.50. The first kappa shape index (κ1) is 20.7. The molecule has 2 N–H and O–H groups in total. The van der Waals surface area contributed by atoms with E-state index in [1.165, 1.54) is 40.1 Å². The van der Waals surface area contributed by atoms with E-state index in [1.807, 2.05) is 14.1 Å². The Morgan fingerprint density at radius 3 is 2.34 bits per heavy atom. The van der Waals surface area contributed by atoms with Crippen LogP contribution in [-0.2, 0) is 9.59 Å². The normalized spacial score (nSPS) is 18.7. The molecule has 0 radical (unpaired) electrons. The van der Waals surface area contributed by atoms with E-state index in [9.17, 15) is 23.5 Å². The van der Waals surface area contributed by atoms with Gasteiger partial charge in [-0.2, -0.15) is 0 Å². The average Bonchev–Trinajstić information content (AvgIpc) is 2.93. The number of quaternary nitrogens is 1. The van der Waals surface area contributed by atoms with Gasteiger partial charge in [-0.05, 0) is 30.3 Å². The van der Waals surface area contributed by atoms with Crippen LogP contribution in [0.25, 0.3) is 5.76 Å². The summed E-state index contributed by atoms with van der Waals surface area (Å²) in [5.41, 5.74) is 0.125. The largest absolute Gasteiger partial charge is 0.507 e. The molecule has 1 saturated heterocycles. The number of carbonyl (C=O) groups is 2. The van der Waals surface area contributed by atoms with Gasteiger partial charge in [-0.1, -0.05) is 18.2 Å². The highest BCUT2D eigenvalue weighted by molar-refractivity contribution is 6.46. The number of Topliss-reactive ketones (excluding diaryl/α,β-unsaturated/α-hetero) is 1. The van der Waals surface area contributed by atoms with Crippen LogP contribution >= 0.6 is 0 Å². The lowest BCUT2D eigenvalue weighted by molar-refractivity contribution is -0.858. The molecule has 7 heteroatoms. The smallest absolute Gasteiger partial charge is 0.295 e. The van der Waals surface area contributed by atoms with Crippen molar-refractivity contribution in [3.8, 4) is 0 Å². The summed E-state index contributed by atoms with van der Waals surface area (Å²) >= 11 is 0. The molecule has 0 unspecified atom stereocenters. The average molecular weight is 401 g/mol. The van der Waals surface area contributed by atoms with Crippen molar-refractivity contribution < 1.29 is 28.4 Å². The van der Waals surface area contributed by atoms with Crippen molar-refractivity contribution in [2.45, 2.75) is 12.5 Å². The number of aliphatic hydroxyl groups is 1. The van der Waals surface area contributed by atoms with E-state index in [-0.39, 0.29) is 23.2 Å². The van der Waals surface area contributed by atoms with E-state index in [4.69, 9.17) is 0 Å². The highest BCUT2D eigenvalue weighted by Gasteiger charge is 2.46. The van der Waals surface area contributed by atoms with E-state index in [1.54, 1.807) is 6.07 Å². The fourth-order valence-corrected chi connectivity index (χ4v) is 3.50. The number of aliphatic hydroxyl groups excluding tert-OH is 1. The predicted molar refractivity (Wildman–Crippen MR) is 104 cm³/mol. The van der Waals surface area contributed by atoms with Gasteiger partial charge in [-0.25, -0.2) is 8.78 Å². The maximum atomic E-state index is 14.6. The Morgan fingerprint density at radius 2 is 1.72 bits per heavy atom. The topological polar surface area (TPSA) is 62.0 Å². The van der Waals surface area contributed by atoms with Crippen LogP contribution in [0.4, 0.5) is 8.78 Å². The van der Waals surface area contributed by atoms with Gasteiger partial charge in [-0.15, -0.1) is 0 Å². The number of benzene rings is 2. The maximum absolute atomic E-state index is 14.6. The van der Waals surface area contributed by atoms with Crippen molar-refractivity contribution in [3.05, 3.63) is 76.9 Å². The summed E-state index contributed by atoms with van der Waals surface area (Å²) in [6.45, 7) is 1.000. The van der Waals surface area contributed by atoms with E-state index in [0.717, 1.165) is 18.7 Å². The van der Waals surface area contributed by atoms with E-state index in [0.29, 0.717) is 6.42 Å².